The molecule has 2 aromatic rings. The molecule has 2 rings (SSSR count). The van der Waals surface area contributed by atoms with Gasteiger partial charge in [-0.2, -0.15) is 0 Å². The first-order valence-corrected chi connectivity index (χ1v) is 5.65. The van der Waals surface area contributed by atoms with Gasteiger partial charge in [-0.3, -0.25) is 20.2 Å². The third kappa shape index (κ3) is 3.04. The zero-order valence-corrected chi connectivity index (χ0v) is 10.6. The smallest absolute Gasteiger partial charge is 0.433 e. The van der Waals surface area contributed by atoms with Gasteiger partial charge in [-0.25, -0.2) is 0 Å². The molecule has 1 aromatic carbocycles. The van der Waals surface area contributed by atoms with E-state index in [1.807, 2.05) is 0 Å². The highest BCUT2D eigenvalue weighted by Crippen LogP contribution is 2.29. The number of hydrogen-bond acceptors (Lipinski definition) is 6. The van der Waals surface area contributed by atoms with Gasteiger partial charge in [0.15, 0.2) is 0 Å². The van der Waals surface area contributed by atoms with Gasteiger partial charge in [0.05, 0.1) is 22.1 Å². The van der Waals surface area contributed by atoms with Gasteiger partial charge in [-0.1, -0.05) is 11.6 Å². The summed E-state index contributed by atoms with van der Waals surface area (Å²) in [6, 6.07) is 6.31. The maximum atomic E-state index is 10.6. The Morgan fingerprint density at radius 1 is 1.15 bits per heavy atom. The van der Waals surface area contributed by atoms with Crippen molar-refractivity contribution in [2.24, 2.45) is 0 Å². The Balaban J connectivity index is 2.11. The van der Waals surface area contributed by atoms with Crippen molar-refractivity contribution < 1.29 is 19.0 Å². The Kier molecular flexibility index (Phi) is 3.85. The quantitative estimate of drug-likeness (QED) is 0.618. The van der Waals surface area contributed by atoms with Crippen LogP contribution in [0, 0.1) is 20.2 Å². The fraction of sp³-hybridized carbons (Fsp3) is 0.0909. The molecule has 0 amide bonds. The van der Waals surface area contributed by atoms with Crippen LogP contribution in [-0.4, -0.2) is 9.85 Å². The fourth-order valence-corrected chi connectivity index (χ4v) is 1.58. The Morgan fingerprint density at radius 3 is 2.50 bits per heavy atom. The zero-order valence-electron chi connectivity index (χ0n) is 9.82. The summed E-state index contributed by atoms with van der Waals surface area (Å²) in [6.45, 7) is -0.130. The van der Waals surface area contributed by atoms with Crippen LogP contribution in [-0.2, 0) is 6.61 Å². The van der Waals surface area contributed by atoms with E-state index in [0.717, 1.165) is 0 Å². The molecule has 0 N–H and O–H groups in total. The van der Waals surface area contributed by atoms with Crippen molar-refractivity contribution in [1.82, 2.24) is 0 Å². The van der Waals surface area contributed by atoms with Crippen LogP contribution in [0.2, 0.25) is 5.02 Å². The van der Waals surface area contributed by atoms with Gasteiger partial charge in [0.1, 0.15) is 23.0 Å². The van der Waals surface area contributed by atoms with Crippen molar-refractivity contribution in [3.63, 3.8) is 0 Å². The number of rotatable bonds is 5. The lowest BCUT2D eigenvalue weighted by molar-refractivity contribution is -0.402. The van der Waals surface area contributed by atoms with Crippen molar-refractivity contribution in [1.29, 1.82) is 0 Å². The molecular formula is C11H7ClN2O6. The summed E-state index contributed by atoms with van der Waals surface area (Å²) in [5, 5.41) is 21.3. The van der Waals surface area contributed by atoms with Gasteiger partial charge in [-0.15, -0.1) is 0 Å². The van der Waals surface area contributed by atoms with E-state index in [1.54, 1.807) is 0 Å². The Morgan fingerprint density at radius 2 is 1.90 bits per heavy atom. The summed E-state index contributed by atoms with van der Waals surface area (Å²) in [5.74, 6) is -0.104. The molecule has 9 heteroatoms. The van der Waals surface area contributed by atoms with Gasteiger partial charge >= 0.3 is 5.88 Å². The molecule has 20 heavy (non-hydrogen) atoms. The zero-order chi connectivity index (χ0) is 14.7. The summed E-state index contributed by atoms with van der Waals surface area (Å²) in [6.07, 6.45) is 0. The molecular weight excluding hydrogens is 292 g/mol. The molecule has 0 aliphatic heterocycles. The molecule has 0 radical (unpaired) electrons. The van der Waals surface area contributed by atoms with Crippen LogP contribution in [0.1, 0.15) is 5.76 Å². The van der Waals surface area contributed by atoms with E-state index in [4.69, 9.17) is 20.8 Å². The molecule has 0 atom stereocenters. The molecule has 0 spiro atoms. The molecule has 104 valence electrons. The van der Waals surface area contributed by atoms with Crippen molar-refractivity contribution in [3.8, 4) is 5.75 Å². The van der Waals surface area contributed by atoms with E-state index >= 15 is 0 Å². The van der Waals surface area contributed by atoms with Crippen LogP contribution in [0.25, 0.3) is 0 Å². The van der Waals surface area contributed by atoms with Crippen LogP contribution in [0.4, 0.5) is 11.6 Å². The average Bonchev–Trinajstić information content (AvgIpc) is 2.86. The summed E-state index contributed by atoms with van der Waals surface area (Å²) in [5.41, 5.74) is -0.171. The van der Waals surface area contributed by atoms with E-state index in [0.29, 0.717) is 0 Å². The number of nitro groups is 2. The summed E-state index contributed by atoms with van der Waals surface area (Å²) >= 11 is 5.84. The predicted octanol–water partition coefficient (Wildman–Crippen LogP) is 3.33. The SMILES string of the molecule is O=[N+]([O-])c1ccc(Cl)c(OCc2ccc([N+](=O)[O-])o2)c1. The van der Waals surface area contributed by atoms with Crippen LogP contribution < -0.4 is 4.74 Å². The Hall–Kier alpha value is -2.61. The number of nitro benzene ring substituents is 1. The van der Waals surface area contributed by atoms with Crippen LogP contribution in [0.5, 0.6) is 5.75 Å². The third-order valence-corrected chi connectivity index (χ3v) is 2.64. The van der Waals surface area contributed by atoms with Crippen molar-refractivity contribution in [3.05, 3.63) is 61.3 Å². The van der Waals surface area contributed by atoms with Crippen molar-refractivity contribution in [2.45, 2.75) is 6.61 Å². The van der Waals surface area contributed by atoms with Gasteiger partial charge < -0.3 is 9.15 Å². The maximum Gasteiger partial charge on any atom is 0.433 e. The van der Waals surface area contributed by atoms with Crippen molar-refractivity contribution >= 4 is 23.2 Å². The normalized spacial score (nSPS) is 10.2. The summed E-state index contributed by atoms with van der Waals surface area (Å²) in [4.78, 5) is 19.8. The molecule has 0 saturated heterocycles. The molecule has 0 aliphatic carbocycles. The van der Waals surface area contributed by atoms with E-state index in [1.165, 1.54) is 30.3 Å². The monoisotopic (exact) mass is 298 g/mol. The number of furan rings is 1. The lowest BCUT2D eigenvalue weighted by Gasteiger charge is -2.05. The molecule has 0 bridgehead atoms. The third-order valence-electron chi connectivity index (χ3n) is 2.32. The van der Waals surface area contributed by atoms with Gasteiger partial charge in [0.2, 0.25) is 0 Å². The minimum atomic E-state index is -0.677. The maximum absolute atomic E-state index is 10.6. The largest absolute Gasteiger partial charge is 0.484 e. The van der Waals surface area contributed by atoms with Gasteiger partial charge in [0.25, 0.3) is 5.69 Å². The number of ether oxygens (including phenoxy) is 1. The molecule has 0 fully saturated rings. The first-order chi connectivity index (χ1) is 9.47. The highest BCUT2D eigenvalue weighted by molar-refractivity contribution is 6.32. The van der Waals surface area contributed by atoms with E-state index in [9.17, 15) is 20.2 Å². The first kappa shape index (κ1) is 13.8. The highest BCUT2D eigenvalue weighted by atomic mass is 35.5. The topological polar surface area (TPSA) is 109 Å². The second kappa shape index (κ2) is 5.57. The summed E-state index contributed by atoms with van der Waals surface area (Å²) in [7, 11) is 0. The molecule has 0 aliphatic rings. The number of benzene rings is 1. The number of hydrogen-bond donors (Lipinski definition) is 0. The molecule has 0 saturated carbocycles. The second-order valence-electron chi connectivity index (χ2n) is 3.66. The average molecular weight is 299 g/mol. The lowest BCUT2D eigenvalue weighted by Crippen LogP contribution is -1.96. The predicted molar refractivity (Wildman–Crippen MR) is 67.8 cm³/mol. The molecule has 1 heterocycles. The molecule has 8 nitrogen and oxygen atoms in total. The highest BCUT2D eigenvalue weighted by Gasteiger charge is 2.14. The van der Waals surface area contributed by atoms with Crippen LogP contribution >= 0.6 is 11.6 Å². The van der Waals surface area contributed by atoms with Crippen LogP contribution in [0.3, 0.4) is 0 Å². The van der Waals surface area contributed by atoms with E-state index in [-0.39, 0.29) is 28.8 Å². The summed E-state index contributed by atoms with van der Waals surface area (Å²) < 4.78 is 10.1. The number of nitrogens with zero attached hydrogens (tertiary/aromatic N) is 2. The standard InChI is InChI=1S/C11H7ClN2O6/c12-9-3-1-7(13(15)16)5-10(9)19-6-8-2-4-11(20-8)14(17)18/h1-5H,6H2. The Labute approximate surface area is 116 Å². The number of non-ortho nitro benzene ring substituents is 1. The van der Waals surface area contributed by atoms with Crippen molar-refractivity contribution in [2.75, 3.05) is 0 Å². The minimum absolute atomic E-state index is 0.0971. The first-order valence-electron chi connectivity index (χ1n) is 5.27. The molecule has 1 aromatic heterocycles. The lowest BCUT2D eigenvalue weighted by atomic mass is 10.3. The van der Waals surface area contributed by atoms with Gasteiger partial charge in [0, 0.05) is 6.07 Å². The van der Waals surface area contributed by atoms with E-state index in [2.05, 4.69) is 0 Å². The van der Waals surface area contributed by atoms with E-state index < -0.39 is 15.7 Å². The fourth-order valence-electron chi connectivity index (χ4n) is 1.41. The van der Waals surface area contributed by atoms with Gasteiger partial charge in [-0.05, 0) is 12.1 Å². The molecule has 0 unspecified atom stereocenters. The Bertz CT molecular complexity index is 669. The minimum Gasteiger partial charge on any atom is -0.484 e. The van der Waals surface area contributed by atoms with Crippen LogP contribution in [0.15, 0.2) is 34.7 Å². The number of halogens is 1. The second-order valence-corrected chi connectivity index (χ2v) is 4.06.